The molecule has 2 N–H and O–H groups in total. The molecule has 0 unspecified atom stereocenters. The lowest BCUT2D eigenvalue weighted by Gasteiger charge is -2.28. The molecule has 1 aliphatic carbocycles. The average molecular weight is 353 g/mol. The van der Waals surface area contributed by atoms with Crippen LogP contribution in [-0.2, 0) is 4.79 Å². The van der Waals surface area contributed by atoms with Crippen LogP contribution in [-0.4, -0.2) is 23.5 Å². The monoisotopic (exact) mass is 353 g/mol. The van der Waals surface area contributed by atoms with E-state index in [2.05, 4.69) is 5.32 Å². The van der Waals surface area contributed by atoms with Crippen molar-refractivity contribution in [1.29, 1.82) is 0 Å². The number of nitrogens with one attached hydrogen (secondary N) is 1. The van der Waals surface area contributed by atoms with Gasteiger partial charge in [0.2, 0.25) is 0 Å². The van der Waals surface area contributed by atoms with Crippen LogP contribution in [0.15, 0.2) is 54.6 Å². The minimum Gasteiger partial charge on any atom is -0.481 e. The summed E-state index contributed by atoms with van der Waals surface area (Å²) in [5.74, 6) is -0.0485. The fourth-order valence-electron chi connectivity index (χ4n) is 3.43. The lowest BCUT2D eigenvalue weighted by Crippen LogP contribution is -2.37. The summed E-state index contributed by atoms with van der Waals surface area (Å²) >= 11 is 0. The van der Waals surface area contributed by atoms with Gasteiger partial charge in [0.1, 0.15) is 11.5 Å². The number of carbonyl (C=O) groups is 2. The van der Waals surface area contributed by atoms with E-state index in [1.54, 1.807) is 24.3 Å². The molecule has 3 rings (SSSR count). The van der Waals surface area contributed by atoms with E-state index in [1.807, 2.05) is 30.3 Å². The third-order valence-electron chi connectivity index (χ3n) is 4.83. The first-order chi connectivity index (χ1) is 12.6. The third-order valence-corrected chi connectivity index (χ3v) is 4.83. The van der Waals surface area contributed by atoms with Gasteiger partial charge in [-0.05, 0) is 49.1 Å². The number of carbonyl (C=O) groups excluding carboxylic acids is 1. The maximum absolute atomic E-state index is 12.5. The Labute approximate surface area is 153 Å². The van der Waals surface area contributed by atoms with Crippen LogP contribution in [0.3, 0.4) is 0 Å². The molecule has 26 heavy (non-hydrogen) atoms. The molecule has 1 amide bonds. The van der Waals surface area contributed by atoms with Crippen LogP contribution in [0.4, 0.5) is 0 Å². The number of para-hydroxylation sites is 1. The first kappa shape index (κ1) is 18.0. The molecule has 1 aliphatic rings. The van der Waals surface area contributed by atoms with Gasteiger partial charge in [-0.25, -0.2) is 0 Å². The number of hydrogen-bond acceptors (Lipinski definition) is 3. The van der Waals surface area contributed by atoms with Crippen molar-refractivity contribution in [2.24, 2.45) is 11.8 Å². The molecular weight excluding hydrogens is 330 g/mol. The lowest BCUT2D eigenvalue weighted by molar-refractivity contribution is -0.144. The van der Waals surface area contributed by atoms with E-state index >= 15 is 0 Å². The van der Waals surface area contributed by atoms with Gasteiger partial charge in [0.25, 0.3) is 5.91 Å². The Morgan fingerprint density at radius 2 is 1.73 bits per heavy atom. The normalized spacial score (nSPS) is 19.5. The van der Waals surface area contributed by atoms with Crippen LogP contribution in [0.1, 0.15) is 36.0 Å². The molecule has 1 fully saturated rings. The van der Waals surface area contributed by atoms with E-state index in [4.69, 9.17) is 4.74 Å². The van der Waals surface area contributed by atoms with Crippen molar-refractivity contribution in [3.63, 3.8) is 0 Å². The van der Waals surface area contributed by atoms with Gasteiger partial charge < -0.3 is 15.2 Å². The van der Waals surface area contributed by atoms with Crippen LogP contribution >= 0.6 is 0 Å². The smallest absolute Gasteiger partial charge is 0.306 e. The van der Waals surface area contributed by atoms with Gasteiger partial charge >= 0.3 is 5.97 Å². The summed E-state index contributed by atoms with van der Waals surface area (Å²) in [5.41, 5.74) is 0.501. The summed E-state index contributed by atoms with van der Waals surface area (Å²) in [6.07, 6.45) is 3.50. The van der Waals surface area contributed by atoms with Gasteiger partial charge in [0.05, 0.1) is 5.92 Å². The van der Waals surface area contributed by atoms with Crippen molar-refractivity contribution in [3.05, 3.63) is 60.2 Å². The molecule has 0 saturated heterocycles. The minimum absolute atomic E-state index is 0.00560. The van der Waals surface area contributed by atoms with E-state index in [9.17, 15) is 14.7 Å². The fraction of sp³-hybridized carbons (Fsp3) is 0.333. The number of ether oxygens (including phenoxy) is 1. The number of carboxylic acids is 1. The molecule has 0 radical (unpaired) electrons. The largest absolute Gasteiger partial charge is 0.481 e. The van der Waals surface area contributed by atoms with Gasteiger partial charge in [0, 0.05) is 12.1 Å². The Morgan fingerprint density at radius 1 is 1.00 bits per heavy atom. The Morgan fingerprint density at radius 3 is 2.50 bits per heavy atom. The van der Waals surface area contributed by atoms with Gasteiger partial charge in [-0.15, -0.1) is 0 Å². The molecule has 0 aliphatic heterocycles. The van der Waals surface area contributed by atoms with Crippen molar-refractivity contribution in [1.82, 2.24) is 5.32 Å². The maximum atomic E-state index is 12.5. The Balaban J connectivity index is 1.61. The summed E-state index contributed by atoms with van der Waals surface area (Å²) in [4.78, 5) is 23.8. The highest BCUT2D eigenvalue weighted by Gasteiger charge is 2.30. The topological polar surface area (TPSA) is 75.6 Å². The number of rotatable bonds is 6. The van der Waals surface area contributed by atoms with E-state index in [-0.39, 0.29) is 17.7 Å². The molecule has 0 spiro atoms. The molecule has 0 bridgehead atoms. The third kappa shape index (κ3) is 4.63. The summed E-state index contributed by atoms with van der Waals surface area (Å²) in [7, 11) is 0. The van der Waals surface area contributed by atoms with E-state index < -0.39 is 5.97 Å². The van der Waals surface area contributed by atoms with Gasteiger partial charge in [-0.3, -0.25) is 9.59 Å². The molecule has 5 nitrogen and oxygen atoms in total. The summed E-state index contributed by atoms with van der Waals surface area (Å²) in [6, 6.07) is 16.4. The predicted molar refractivity (Wildman–Crippen MR) is 98.4 cm³/mol. The molecule has 2 aromatic carbocycles. The lowest BCUT2D eigenvalue weighted by atomic mass is 9.79. The minimum atomic E-state index is -0.762. The van der Waals surface area contributed by atoms with Crippen LogP contribution in [0.25, 0.3) is 0 Å². The number of hydrogen-bond donors (Lipinski definition) is 2. The van der Waals surface area contributed by atoms with Crippen molar-refractivity contribution < 1.29 is 19.4 Å². The highest BCUT2D eigenvalue weighted by molar-refractivity contribution is 5.94. The van der Waals surface area contributed by atoms with E-state index in [0.29, 0.717) is 30.0 Å². The number of aliphatic carboxylic acids is 1. The van der Waals surface area contributed by atoms with Crippen LogP contribution in [0.2, 0.25) is 0 Å². The van der Waals surface area contributed by atoms with Gasteiger partial charge in [-0.2, -0.15) is 0 Å². The molecular formula is C21H23NO4. The van der Waals surface area contributed by atoms with Crippen molar-refractivity contribution in [3.8, 4) is 11.5 Å². The van der Waals surface area contributed by atoms with Crippen molar-refractivity contribution >= 4 is 11.9 Å². The molecule has 0 aromatic heterocycles. The zero-order chi connectivity index (χ0) is 18.4. The molecule has 136 valence electrons. The molecule has 2 atom stereocenters. The zero-order valence-corrected chi connectivity index (χ0v) is 14.6. The van der Waals surface area contributed by atoms with Crippen LogP contribution in [0, 0.1) is 11.8 Å². The summed E-state index contributed by atoms with van der Waals surface area (Å²) in [6.45, 7) is 0.388. The van der Waals surface area contributed by atoms with Gasteiger partial charge in [0.15, 0.2) is 0 Å². The second-order valence-corrected chi connectivity index (χ2v) is 6.64. The Bertz CT molecular complexity index is 760. The number of amides is 1. The van der Waals surface area contributed by atoms with Crippen LogP contribution in [0.5, 0.6) is 11.5 Å². The van der Waals surface area contributed by atoms with Crippen molar-refractivity contribution in [2.45, 2.75) is 25.7 Å². The molecule has 5 heteroatoms. The summed E-state index contributed by atoms with van der Waals surface area (Å²) < 4.78 is 5.75. The first-order valence-electron chi connectivity index (χ1n) is 8.97. The molecule has 1 saturated carbocycles. The SMILES string of the molecule is O=C(NC[C@@H]1CCCC[C@@H]1C(=O)O)c1cccc(Oc2ccccc2)c1. The first-order valence-corrected chi connectivity index (χ1v) is 8.97. The fourth-order valence-corrected chi connectivity index (χ4v) is 3.43. The number of benzene rings is 2. The second kappa shape index (κ2) is 8.52. The highest BCUT2D eigenvalue weighted by atomic mass is 16.5. The summed E-state index contributed by atoms with van der Waals surface area (Å²) in [5, 5.41) is 12.2. The standard InChI is InChI=1S/C21H23NO4/c23-20(22-14-16-7-4-5-12-19(16)21(24)25)15-8-6-11-18(13-15)26-17-9-2-1-3-10-17/h1-3,6,8-11,13,16,19H,4-5,7,12,14H2,(H,22,23)(H,24,25)/t16-,19-/m0/s1. The average Bonchev–Trinajstić information content (AvgIpc) is 2.67. The zero-order valence-electron chi connectivity index (χ0n) is 14.6. The van der Waals surface area contributed by atoms with Crippen LogP contribution < -0.4 is 10.1 Å². The maximum Gasteiger partial charge on any atom is 0.306 e. The Hall–Kier alpha value is -2.82. The van der Waals surface area contributed by atoms with Gasteiger partial charge in [-0.1, -0.05) is 37.1 Å². The second-order valence-electron chi connectivity index (χ2n) is 6.64. The number of carboxylic acid groups (broad SMARTS) is 1. The molecule has 2 aromatic rings. The quantitative estimate of drug-likeness (QED) is 0.820. The predicted octanol–water partition coefficient (Wildman–Crippen LogP) is 4.10. The highest BCUT2D eigenvalue weighted by Crippen LogP contribution is 2.30. The van der Waals surface area contributed by atoms with Crippen molar-refractivity contribution in [2.75, 3.05) is 6.54 Å². The molecule has 0 heterocycles. The van der Waals surface area contributed by atoms with E-state index in [0.717, 1.165) is 19.3 Å². The Kier molecular flexibility index (Phi) is 5.89. The van der Waals surface area contributed by atoms with E-state index in [1.165, 1.54) is 0 Å².